The van der Waals surface area contributed by atoms with E-state index >= 15 is 0 Å². The van der Waals surface area contributed by atoms with E-state index in [1.807, 2.05) is 0 Å². The Morgan fingerprint density at radius 3 is 1.46 bits per heavy atom. The molecule has 0 N–H and O–H groups in total. The van der Waals surface area contributed by atoms with Crippen molar-refractivity contribution in [3.05, 3.63) is 23.3 Å². The second-order valence-corrected chi connectivity index (χ2v) is 4.42. The van der Waals surface area contributed by atoms with E-state index in [0.717, 1.165) is 0 Å². The summed E-state index contributed by atoms with van der Waals surface area (Å²) in [7, 11) is 0. The van der Waals surface area contributed by atoms with Gasteiger partial charge in [0.15, 0.2) is 0 Å². The second-order valence-electron chi connectivity index (χ2n) is 4.42. The average molecular weight is 176 g/mol. The van der Waals surface area contributed by atoms with Crippen molar-refractivity contribution >= 4 is 0 Å². The van der Waals surface area contributed by atoms with Crippen LogP contribution in [0.1, 0.15) is 57.8 Å². The van der Waals surface area contributed by atoms with E-state index in [-0.39, 0.29) is 0 Å². The standard InChI is InChI=1S/C13H20/c1-2-4-6-12-8-10-13(11-9-12)7-5-3-1/h8,10H,1-7,9,11H2. The minimum Gasteiger partial charge on any atom is -0.0699 e. The highest BCUT2D eigenvalue weighted by atomic mass is 14.1. The molecule has 0 saturated heterocycles. The number of rotatable bonds is 0. The highest BCUT2D eigenvalue weighted by Gasteiger charge is 2.07. The van der Waals surface area contributed by atoms with Crippen LogP contribution in [0.5, 0.6) is 0 Å². The lowest BCUT2D eigenvalue weighted by molar-refractivity contribution is 0.617. The second kappa shape index (κ2) is 4.64. The van der Waals surface area contributed by atoms with Crippen molar-refractivity contribution in [3.63, 3.8) is 0 Å². The summed E-state index contributed by atoms with van der Waals surface area (Å²) < 4.78 is 0. The summed E-state index contributed by atoms with van der Waals surface area (Å²) in [5.41, 5.74) is 3.40. The Kier molecular flexibility index (Phi) is 3.23. The van der Waals surface area contributed by atoms with Crippen LogP contribution < -0.4 is 0 Å². The molecule has 72 valence electrons. The molecule has 0 heterocycles. The van der Waals surface area contributed by atoms with Gasteiger partial charge < -0.3 is 0 Å². The maximum atomic E-state index is 2.39. The fourth-order valence-corrected chi connectivity index (χ4v) is 2.37. The van der Waals surface area contributed by atoms with E-state index in [9.17, 15) is 0 Å². The van der Waals surface area contributed by atoms with E-state index in [0.29, 0.717) is 0 Å². The Balaban J connectivity index is 2.00. The molecule has 0 aliphatic heterocycles. The zero-order valence-corrected chi connectivity index (χ0v) is 8.52. The van der Waals surface area contributed by atoms with Crippen molar-refractivity contribution in [2.24, 2.45) is 0 Å². The van der Waals surface area contributed by atoms with E-state index in [1.165, 1.54) is 57.8 Å². The molecular weight excluding hydrogens is 156 g/mol. The summed E-state index contributed by atoms with van der Waals surface area (Å²) in [6.45, 7) is 0. The number of hydrogen-bond donors (Lipinski definition) is 0. The van der Waals surface area contributed by atoms with Gasteiger partial charge in [0.1, 0.15) is 0 Å². The van der Waals surface area contributed by atoms with Crippen molar-refractivity contribution in [3.8, 4) is 0 Å². The van der Waals surface area contributed by atoms with Gasteiger partial charge in [-0.2, -0.15) is 0 Å². The van der Waals surface area contributed by atoms with Gasteiger partial charge in [0.05, 0.1) is 0 Å². The quantitative estimate of drug-likeness (QED) is 0.514. The molecule has 0 heteroatoms. The van der Waals surface area contributed by atoms with Crippen molar-refractivity contribution in [1.29, 1.82) is 0 Å². The Bertz CT molecular complexity index is 196. The summed E-state index contributed by atoms with van der Waals surface area (Å²) in [5, 5.41) is 0. The Hall–Kier alpha value is -0.520. The lowest BCUT2D eigenvalue weighted by Crippen LogP contribution is -1.93. The first-order valence-electron chi connectivity index (χ1n) is 5.82. The Morgan fingerprint density at radius 1 is 0.538 bits per heavy atom. The molecule has 1 fully saturated rings. The van der Waals surface area contributed by atoms with Crippen molar-refractivity contribution in [2.45, 2.75) is 57.8 Å². The third-order valence-corrected chi connectivity index (χ3v) is 3.32. The molecule has 3 rings (SSSR count). The molecule has 0 nitrogen and oxygen atoms in total. The van der Waals surface area contributed by atoms with Gasteiger partial charge in [0.25, 0.3) is 0 Å². The van der Waals surface area contributed by atoms with Crippen LogP contribution >= 0.6 is 0 Å². The van der Waals surface area contributed by atoms with Gasteiger partial charge in [-0.3, -0.25) is 0 Å². The zero-order chi connectivity index (χ0) is 8.93. The monoisotopic (exact) mass is 176 g/mol. The van der Waals surface area contributed by atoms with Crippen LogP contribution in [-0.4, -0.2) is 0 Å². The molecule has 0 aromatic rings. The van der Waals surface area contributed by atoms with Gasteiger partial charge in [-0.05, 0) is 38.5 Å². The third-order valence-electron chi connectivity index (χ3n) is 3.32. The van der Waals surface area contributed by atoms with Crippen LogP contribution in [0.4, 0.5) is 0 Å². The first-order valence-corrected chi connectivity index (χ1v) is 5.82. The largest absolute Gasteiger partial charge is 0.0699 e. The fourth-order valence-electron chi connectivity index (χ4n) is 2.37. The summed E-state index contributed by atoms with van der Waals surface area (Å²) >= 11 is 0. The third kappa shape index (κ3) is 2.72. The molecule has 0 aromatic carbocycles. The van der Waals surface area contributed by atoms with E-state index < -0.39 is 0 Å². The van der Waals surface area contributed by atoms with E-state index in [1.54, 1.807) is 11.1 Å². The molecule has 2 bridgehead atoms. The lowest BCUT2D eigenvalue weighted by Gasteiger charge is -2.13. The fraction of sp³-hybridized carbons (Fsp3) is 0.692. The van der Waals surface area contributed by atoms with Crippen molar-refractivity contribution < 1.29 is 0 Å². The maximum Gasteiger partial charge on any atom is -0.0280 e. The van der Waals surface area contributed by atoms with Crippen LogP contribution in [0.2, 0.25) is 0 Å². The van der Waals surface area contributed by atoms with Crippen LogP contribution in [0.25, 0.3) is 0 Å². The van der Waals surface area contributed by atoms with Gasteiger partial charge in [-0.25, -0.2) is 0 Å². The molecule has 1 saturated carbocycles. The predicted octanol–water partition coefficient (Wildman–Crippen LogP) is 4.38. The lowest BCUT2D eigenvalue weighted by atomic mass is 9.93. The Morgan fingerprint density at radius 2 is 1.00 bits per heavy atom. The first kappa shape index (κ1) is 9.05. The first-order chi connectivity index (χ1) is 6.45. The summed E-state index contributed by atoms with van der Waals surface area (Å²) in [5.74, 6) is 0. The number of allylic oxidation sites excluding steroid dienone is 4. The minimum absolute atomic E-state index is 1.35. The molecule has 0 amide bonds. The Labute approximate surface area is 81.7 Å². The SMILES string of the molecule is C1=C2CCCCCCCC(=C1)CC2. The van der Waals surface area contributed by atoms with E-state index in [2.05, 4.69) is 12.2 Å². The highest BCUT2D eigenvalue weighted by Crippen LogP contribution is 2.27. The van der Waals surface area contributed by atoms with Gasteiger partial charge in [0.2, 0.25) is 0 Å². The van der Waals surface area contributed by atoms with Crippen LogP contribution in [-0.2, 0) is 0 Å². The molecule has 0 radical (unpaired) electrons. The van der Waals surface area contributed by atoms with Gasteiger partial charge in [-0.1, -0.05) is 42.6 Å². The number of hydrogen-bond acceptors (Lipinski definition) is 0. The molecule has 0 aromatic heterocycles. The van der Waals surface area contributed by atoms with Gasteiger partial charge in [0, 0.05) is 0 Å². The minimum atomic E-state index is 1.35. The number of fused-ring (bicyclic) bond motifs is 8. The van der Waals surface area contributed by atoms with Crippen LogP contribution in [0, 0.1) is 0 Å². The van der Waals surface area contributed by atoms with E-state index in [4.69, 9.17) is 0 Å². The topological polar surface area (TPSA) is 0 Å². The maximum absolute atomic E-state index is 2.39. The molecule has 0 spiro atoms. The molecule has 3 aliphatic carbocycles. The normalized spacial score (nSPS) is 24.6. The zero-order valence-electron chi connectivity index (χ0n) is 8.52. The van der Waals surface area contributed by atoms with Gasteiger partial charge >= 0.3 is 0 Å². The summed E-state index contributed by atoms with van der Waals surface area (Å²) in [6.07, 6.45) is 17.4. The predicted molar refractivity (Wildman–Crippen MR) is 57.7 cm³/mol. The molecular formula is C13H20. The average Bonchev–Trinajstić information content (AvgIpc) is 2.25. The van der Waals surface area contributed by atoms with Gasteiger partial charge in [-0.15, -0.1) is 0 Å². The molecule has 3 aliphatic rings. The summed E-state index contributed by atoms with van der Waals surface area (Å²) in [6, 6.07) is 0. The van der Waals surface area contributed by atoms with Crippen LogP contribution in [0.3, 0.4) is 0 Å². The summed E-state index contributed by atoms with van der Waals surface area (Å²) in [4.78, 5) is 0. The molecule has 13 heavy (non-hydrogen) atoms. The van der Waals surface area contributed by atoms with Crippen molar-refractivity contribution in [1.82, 2.24) is 0 Å². The highest BCUT2D eigenvalue weighted by molar-refractivity contribution is 5.23. The smallest absolute Gasteiger partial charge is 0.0280 e. The van der Waals surface area contributed by atoms with Crippen molar-refractivity contribution in [2.75, 3.05) is 0 Å². The van der Waals surface area contributed by atoms with Crippen LogP contribution in [0.15, 0.2) is 23.3 Å². The molecule has 0 atom stereocenters. The molecule has 0 unspecified atom stereocenters.